The lowest BCUT2D eigenvalue weighted by molar-refractivity contribution is 0.101. The SMILES string of the molecule is CC1CCN(S(=O)(=O)c2cc(C(=O)Nc3ccc(F)cc3)n(C)c2)CC1. The molecule has 1 fully saturated rings. The fourth-order valence-electron chi connectivity index (χ4n) is 3.00. The van der Waals surface area contributed by atoms with E-state index in [0.717, 1.165) is 12.8 Å². The van der Waals surface area contributed by atoms with Crippen LogP contribution in [0.2, 0.25) is 0 Å². The Morgan fingerprint density at radius 2 is 1.81 bits per heavy atom. The Kier molecular flexibility index (Phi) is 5.15. The Morgan fingerprint density at radius 1 is 1.19 bits per heavy atom. The first kappa shape index (κ1) is 18.6. The van der Waals surface area contributed by atoms with Gasteiger partial charge in [0.15, 0.2) is 0 Å². The van der Waals surface area contributed by atoms with Crippen molar-refractivity contribution in [2.75, 3.05) is 18.4 Å². The summed E-state index contributed by atoms with van der Waals surface area (Å²) in [5.41, 5.74) is 0.658. The van der Waals surface area contributed by atoms with Crippen LogP contribution < -0.4 is 5.32 Å². The number of hydrogen-bond donors (Lipinski definition) is 1. The molecular formula is C18H22FN3O3S. The van der Waals surface area contributed by atoms with Crippen molar-refractivity contribution in [3.8, 4) is 0 Å². The fraction of sp³-hybridized carbons (Fsp3) is 0.389. The molecular weight excluding hydrogens is 357 g/mol. The van der Waals surface area contributed by atoms with Gasteiger partial charge in [-0.25, -0.2) is 12.8 Å². The maximum atomic E-state index is 13.0. The van der Waals surface area contributed by atoms with E-state index in [2.05, 4.69) is 12.2 Å². The molecule has 26 heavy (non-hydrogen) atoms. The smallest absolute Gasteiger partial charge is 0.272 e. The van der Waals surface area contributed by atoms with Gasteiger partial charge >= 0.3 is 0 Å². The molecule has 0 spiro atoms. The molecule has 0 aliphatic carbocycles. The molecule has 2 aromatic rings. The Balaban J connectivity index is 1.79. The molecule has 3 rings (SSSR count). The summed E-state index contributed by atoms with van der Waals surface area (Å²) in [6, 6.07) is 6.76. The van der Waals surface area contributed by atoms with Crippen LogP contribution in [-0.2, 0) is 17.1 Å². The van der Waals surface area contributed by atoms with Crippen LogP contribution in [0.3, 0.4) is 0 Å². The van der Waals surface area contributed by atoms with Crippen LogP contribution in [0.4, 0.5) is 10.1 Å². The van der Waals surface area contributed by atoms with Gasteiger partial charge in [-0.2, -0.15) is 4.31 Å². The Morgan fingerprint density at radius 3 is 2.42 bits per heavy atom. The average Bonchev–Trinajstić information content (AvgIpc) is 3.00. The van der Waals surface area contributed by atoms with E-state index in [0.29, 0.717) is 24.7 Å². The molecule has 1 saturated heterocycles. The average molecular weight is 379 g/mol. The molecule has 1 N–H and O–H groups in total. The number of aromatic nitrogens is 1. The number of benzene rings is 1. The number of sulfonamides is 1. The highest BCUT2D eigenvalue weighted by Gasteiger charge is 2.30. The normalized spacial score (nSPS) is 16.6. The summed E-state index contributed by atoms with van der Waals surface area (Å²) in [6.45, 7) is 3.11. The van der Waals surface area contributed by atoms with Crippen molar-refractivity contribution in [3.63, 3.8) is 0 Å². The standard InChI is InChI=1S/C18H22FN3O3S/c1-13-7-9-22(10-8-13)26(24,25)16-11-17(21(2)12-16)18(23)20-15-5-3-14(19)4-6-15/h3-6,11-13H,7-10H2,1-2H3,(H,20,23). The summed E-state index contributed by atoms with van der Waals surface area (Å²) in [5.74, 6) is -0.326. The van der Waals surface area contributed by atoms with E-state index in [-0.39, 0.29) is 10.6 Å². The van der Waals surface area contributed by atoms with Crippen LogP contribution >= 0.6 is 0 Å². The third-order valence-corrected chi connectivity index (χ3v) is 6.56. The number of anilines is 1. The first-order chi connectivity index (χ1) is 12.3. The van der Waals surface area contributed by atoms with Crippen molar-refractivity contribution >= 4 is 21.6 Å². The summed E-state index contributed by atoms with van der Waals surface area (Å²) < 4.78 is 41.6. The van der Waals surface area contributed by atoms with Gasteiger partial charge in [-0.15, -0.1) is 0 Å². The Hall–Kier alpha value is -2.19. The van der Waals surface area contributed by atoms with Crippen LogP contribution in [0.1, 0.15) is 30.3 Å². The van der Waals surface area contributed by atoms with E-state index in [1.807, 2.05) is 0 Å². The molecule has 0 saturated carbocycles. The number of hydrogen-bond acceptors (Lipinski definition) is 3. The van der Waals surface area contributed by atoms with Gasteiger partial charge in [-0.1, -0.05) is 6.92 Å². The highest BCUT2D eigenvalue weighted by molar-refractivity contribution is 7.89. The second-order valence-electron chi connectivity index (χ2n) is 6.72. The first-order valence-corrected chi connectivity index (χ1v) is 9.95. The highest BCUT2D eigenvalue weighted by Crippen LogP contribution is 2.25. The number of aryl methyl sites for hydroxylation is 1. The molecule has 0 unspecified atom stereocenters. The molecule has 1 amide bonds. The van der Waals surface area contributed by atoms with Gasteiger partial charge in [-0.3, -0.25) is 4.79 Å². The zero-order chi connectivity index (χ0) is 18.9. The monoisotopic (exact) mass is 379 g/mol. The molecule has 6 nitrogen and oxygen atoms in total. The molecule has 0 radical (unpaired) electrons. The lowest BCUT2D eigenvalue weighted by atomic mass is 10.0. The molecule has 8 heteroatoms. The van der Waals surface area contributed by atoms with Crippen molar-refractivity contribution in [1.82, 2.24) is 8.87 Å². The molecule has 1 aromatic heterocycles. The van der Waals surface area contributed by atoms with Crippen molar-refractivity contribution in [3.05, 3.63) is 48.0 Å². The molecule has 1 aromatic carbocycles. The van der Waals surface area contributed by atoms with Crippen LogP contribution in [0.5, 0.6) is 0 Å². The van der Waals surface area contributed by atoms with Crippen LogP contribution in [-0.4, -0.2) is 36.3 Å². The second kappa shape index (κ2) is 7.20. The third-order valence-electron chi connectivity index (χ3n) is 4.69. The zero-order valence-electron chi connectivity index (χ0n) is 14.8. The minimum absolute atomic E-state index is 0.110. The van der Waals surface area contributed by atoms with Crippen molar-refractivity contribution in [2.24, 2.45) is 13.0 Å². The van der Waals surface area contributed by atoms with Gasteiger partial charge in [0.2, 0.25) is 10.0 Å². The van der Waals surface area contributed by atoms with E-state index in [4.69, 9.17) is 0 Å². The Labute approximate surface area is 152 Å². The van der Waals surface area contributed by atoms with Crippen molar-refractivity contribution < 1.29 is 17.6 Å². The van der Waals surface area contributed by atoms with Gasteiger partial charge in [0, 0.05) is 32.0 Å². The van der Waals surface area contributed by atoms with Gasteiger partial charge < -0.3 is 9.88 Å². The summed E-state index contributed by atoms with van der Waals surface area (Å²) in [7, 11) is -1.99. The molecule has 140 valence electrons. The van der Waals surface area contributed by atoms with Gasteiger partial charge in [0.1, 0.15) is 16.4 Å². The minimum Gasteiger partial charge on any atom is -0.345 e. The zero-order valence-corrected chi connectivity index (χ0v) is 15.6. The lowest BCUT2D eigenvalue weighted by Crippen LogP contribution is -2.37. The molecule has 2 heterocycles. The van der Waals surface area contributed by atoms with Crippen molar-refractivity contribution in [2.45, 2.75) is 24.7 Å². The molecule has 1 aliphatic rings. The number of carbonyl (C=O) groups is 1. The number of carbonyl (C=O) groups excluding carboxylic acids is 1. The van der Waals surface area contributed by atoms with E-state index in [9.17, 15) is 17.6 Å². The van der Waals surface area contributed by atoms with Gasteiger partial charge in [-0.05, 0) is 49.1 Å². The number of amides is 1. The maximum Gasteiger partial charge on any atom is 0.272 e. The quantitative estimate of drug-likeness (QED) is 0.888. The topological polar surface area (TPSA) is 71.4 Å². The minimum atomic E-state index is -3.62. The molecule has 0 atom stereocenters. The number of halogens is 1. The Bertz CT molecular complexity index is 898. The molecule has 0 bridgehead atoms. The van der Waals surface area contributed by atoms with E-state index >= 15 is 0 Å². The number of piperidine rings is 1. The third kappa shape index (κ3) is 3.81. The largest absolute Gasteiger partial charge is 0.345 e. The molecule has 1 aliphatic heterocycles. The van der Waals surface area contributed by atoms with E-state index in [1.165, 1.54) is 45.4 Å². The van der Waals surface area contributed by atoms with Crippen molar-refractivity contribution in [1.29, 1.82) is 0 Å². The lowest BCUT2D eigenvalue weighted by Gasteiger charge is -2.29. The van der Waals surface area contributed by atoms with Gasteiger partial charge in [0.25, 0.3) is 5.91 Å². The first-order valence-electron chi connectivity index (χ1n) is 8.51. The van der Waals surface area contributed by atoms with Crippen LogP contribution in [0.15, 0.2) is 41.4 Å². The number of nitrogens with one attached hydrogen (secondary N) is 1. The van der Waals surface area contributed by atoms with Crippen LogP contribution in [0.25, 0.3) is 0 Å². The van der Waals surface area contributed by atoms with E-state index in [1.54, 1.807) is 7.05 Å². The summed E-state index contributed by atoms with van der Waals surface area (Å²) in [5, 5.41) is 2.64. The number of nitrogens with zero attached hydrogens (tertiary/aromatic N) is 2. The predicted octanol–water partition coefficient (Wildman–Crippen LogP) is 2.84. The summed E-state index contributed by atoms with van der Waals surface area (Å²) in [4.78, 5) is 12.6. The van der Waals surface area contributed by atoms with Gasteiger partial charge in [0.05, 0.1) is 0 Å². The van der Waals surface area contributed by atoms with E-state index < -0.39 is 21.7 Å². The predicted molar refractivity (Wildman–Crippen MR) is 96.9 cm³/mol. The summed E-state index contributed by atoms with van der Waals surface area (Å²) in [6.07, 6.45) is 3.13. The fourth-order valence-corrected chi connectivity index (χ4v) is 4.55. The van der Waals surface area contributed by atoms with Crippen LogP contribution in [0, 0.1) is 11.7 Å². The number of rotatable bonds is 4. The second-order valence-corrected chi connectivity index (χ2v) is 8.66. The summed E-state index contributed by atoms with van der Waals surface area (Å²) >= 11 is 0. The maximum absolute atomic E-state index is 13.0. The highest BCUT2D eigenvalue weighted by atomic mass is 32.2.